The Morgan fingerprint density at radius 2 is 2.05 bits per heavy atom. The summed E-state index contributed by atoms with van der Waals surface area (Å²) in [6, 6.07) is 0. The van der Waals surface area contributed by atoms with E-state index >= 15 is 0 Å². The van der Waals surface area contributed by atoms with E-state index in [-0.39, 0.29) is 30.7 Å². The van der Waals surface area contributed by atoms with Crippen LogP contribution in [0.5, 0.6) is 5.88 Å². The Bertz CT molecular complexity index is 557. The van der Waals surface area contributed by atoms with Gasteiger partial charge in [-0.05, 0) is 0 Å². The quantitative estimate of drug-likeness (QED) is 0.845. The fourth-order valence-corrected chi connectivity index (χ4v) is 1.97. The number of halogens is 3. The molecule has 2 aliphatic rings. The van der Waals surface area contributed by atoms with Gasteiger partial charge in [0.05, 0.1) is 19.1 Å². The maximum absolute atomic E-state index is 12.9. The molecular formula is C12H11F3N2O3. The van der Waals surface area contributed by atoms with Gasteiger partial charge in [0.2, 0.25) is 5.88 Å². The van der Waals surface area contributed by atoms with Crippen molar-refractivity contribution in [3.8, 4) is 5.88 Å². The highest BCUT2D eigenvalue weighted by molar-refractivity contribution is 6.03. The number of ketones is 1. The molecule has 1 aliphatic heterocycles. The summed E-state index contributed by atoms with van der Waals surface area (Å²) in [5.41, 5.74) is -1.03. The first-order valence-corrected chi connectivity index (χ1v) is 6.10. The minimum Gasteiger partial charge on any atom is -0.469 e. The van der Waals surface area contributed by atoms with Crippen molar-refractivity contribution in [3.05, 3.63) is 17.6 Å². The van der Waals surface area contributed by atoms with Crippen molar-refractivity contribution in [2.75, 3.05) is 13.2 Å². The van der Waals surface area contributed by atoms with E-state index in [2.05, 4.69) is 9.97 Å². The third-order valence-electron chi connectivity index (χ3n) is 3.39. The molecule has 1 saturated heterocycles. The molecule has 8 heteroatoms. The van der Waals surface area contributed by atoms with Gasteiger partial charge in [-0.3, -0.25) is 4.79 Å². The number of ether oxygens (including phenoxy) is 2. The number of rotatable bonds is 3. The first kappa shape index (κ1) is 13.3. The van der Waals surface area contributed by atoms with Crippen molar-refractivity contribution in [3.63, 3.8) is 0 Å². The summed E-state index contributed by atoms with van der Waals surface area (Å²) < 4.78 is 48.6. The summed E-state index contributed by atoms with van der Waals surface area (Å²) in [5.74, 6) is -1.26. The molecule has 0 radical (unpaired) electrons. The summed E-state index contributed by atoms with van der Waals surface area (Å²) in [6.07, 6.45) is -4.36. The van der Waals surface area contributed by atoms with Crippen molar-refractivity contribution in [2.24, 2.45) is 5.92 Å². The molecule has 2 fully saturated rings. The minimum atomic E-state index is -4.60. The number of carbonyl (C=O) groups is 1. The van der Waals surface area contributed by atoms with E-state index in [1.807, 2.05) is 0 Å². The van der Waals surface area contributed by atoms with Crippen molar-refractivity contribution in [1.82, 2.24) is 9.97 Å². The molecule has 0 aromatic carbocycles. The van der Waals surface area contributed by atoms with Crippen molar-refractivity contribution in [2.45, 2.75) is 25.1 Å². The maximum atomic E-state index is 12.9. The number of nitrogens with zero attached hydrogens (tertiary/aromatic N) is 2. The van der Waals surface area contributed by atoms with Crippen LogP contribution in [-0.2, 0) is 15.7 Å². The third-order valence-corrected chi connectivity index (χ3v) is 3.39. The molecule has 108 valence electrons. The van der Waals surface area contributed by atoms with Crippen LogP contribution in [-0.4, -0.2) is 35.1 Å². The lowest BCUT2D eigenvalue weighted by atomic mass is 10.2. The molecule has 0 N–H and O–H groups in total. The Balaban J connectivity index is 1.92. The van der Waals surface area contributed by atoms with Gasteiger partial charge in [0.15, 0.2) is 0 Å². The highest BCUT2D eigenvalue weighted by atomic mass is 19.4. The van der Waals surface area contributed by atoms with E-state index in [0.29, 0.717) is 6.20 Å². The van der Waals surface area contributed by atoms with E-state index < -0.39 is 29.6 Å². The van der Waals surface area contributed by atoms with E-state index in [4.69, 9.17) is 9.47 Å². The van der Waals surface area contributed by atoms with Crippen LogP contribution in [0.15, 0.2) is 6.20 Å². The van der Waals surface area contributed by atoms with Gasteiger partial charge in [0.25, 0.3) is 0 Å². The molecule has 0 spiro atoms. The van der Waals surface area contributed by atoms with Crippen LogP contribution in [0.4, 0.5) is 13.2 Å². The summed E-state index contributed by atoms with van der Waals surface area (Å²) in [5, 5.41) is 0. The van der Waals surface area contributed by atoms with Crippen molar-refractivity contribution >= 4 is 5.78 Å². The molecule has 2 heterocycles. The van der Waals surface area contributed by atoms with Gasteiger partial charge in [-0.2, -0.15) is 18.2 Å². The second-order valence-corrected chi connectivity index (χ2v) is 4.89. The Morgan fingerprint density at radius 1 is 1.40 bits per heavy atom. The number of hydrogen-bond donors (Lipinski definition) is 0. The fraction of sp³-hybridized carbons (Fsp3) is 0.583. The zero-order valence-electron chi connectivity index (χ0n) is 10.5. The van der Waals surface area contributed by atoms with Crippen molar-refractivity contribution in [1.29, 1.82) is 0 Å². The highest BCUT2D eigenvalue weighted by Crippen LogP contribution is 2.43. The predicted molar refractivity (Wildman–Crippen MR) is 59.2 cm³/mol. The molecule has 3 rings (SSSR count). The SMILES string of the molecule is CC1C(=O)C1c1ncc(C(F)(F)F)c(OC2COC2)n1. The van der Waals surface area contributed by atoms with E-state index in [1.165, 1.54) is 0 Å². The monoisotopic (exact) mass is 288 g/mol. The standard InChI is InChI=1S/C12H11F3N2O3/c1-5-8(9(5)18)10-16-2-7(12(13,14)15)11(17-10)20-6-3-19-4-6/h2,5-6,8H,3-4H2,1H3. The van der Waals surface area contributed by atoms with E-state index in [0.717, 1.165) is 0 Å². The van der Waals surface area contributed by atoms with Gasteiger partial charge in [-0.15, -0.1) is 0 Å². The van der Waals surface area contributed by atoms with Crippen LogP contribution in [0.1, 0.15) is 24.2 Å². The van der Waals surface area contributed by atoms with Gasteiger partial charge in [0.1, 0.15) is 23.3 Å². The Hall–Kier alpha value is -1.70. The molecular weight excluding hydrogens is 277 g/mol. The first-order valence-electron chi connectivity index (χ1n) is 6.10. The zero-order chi connectivity index (χ0) is 14.5. The lowest BCUT2D eigenvalue weighted by Crippen LogP contribution is -2.39. The smallest absolute Gasteiger partial charge is 0.423 e. The summed E-state index contributed by atoms with van der Waals surface area (Å²) >= 11 is 0. The normalized spacial score (nSPS) is 26.3. The Kier molecular flexibility index (Phi) is 2.93. The Labute approximate surface area is 112 Å². The molecule has 20 heavy (non-hydrogen) atoms. The molecule has 1 aromatic rings. The predicted octanol–water partition coefficient (Wildman–Crippen LogP) is 1.58. The molecule has 0 bridgehead atoms. The number of aromatic nitrogens is 2. The third kappa shape index (κ3) is 2.24. The average molecular weight is 288 g/mol. The highest BCUT2D eigenvalue weighted by Gasteiger charge is 2.49. The van der Waals surface area contributed by atoms with Gasteiger partial charge in [-0.25, -0.2) is 4.98 Å². The topological polar surface area (TPSA) is 61.3 Å². The van der Waals surface area contributed by atoms with Crippen LogP contribution in [0, 0.1) is 5.92 Å². The van der Waals surface area contributed by atoms with Crippen LogP contribution < -0.4 is 4.74 Å². The Morgan fingerprint density at radius 3 is 2.50 bits per heavy atom. The van der Waals surface area contributed by atoms with Crippen molar-refractivity contribution < 1.29 is 27.4 Å². The van der Waals surface area contributed by atoms with Crippen LogP contribution >= 0.6 is 0 Å². The molecule has 1 aliphatic carbocycles. The second-order valence-electron chi connectivity index (χ2n) is 4.89. The average Bonchev–Trinajstić information content (AvgIpc) is 2.90. The summed E-state index contributed by atoms with van der Waals surface area (Å²) in [6.45, 7) is 2.15. The number of Topliss-reactive ketones (excluding diaryl/α,β-unsaturated/α-hetero) is 1. The van der Waals surface area contributed by atoms with Gasteiger partial charge in [0, 0.05) is 12.1 Å². The zero-order valence-corrected chi connectivity index (χ0v) is 10.5. The molecule has 0 amide bonds. The second kappa shape index (κ2) is 4.41. The lowest BCUT2D eigenvalue weighted by Gasteiger charge is -2.27. The van der Waals surface area contributed by atoms with E-state index in [1.54, 1.807) is 6.92 Å². The van der Waals surface area contributed by atoms with Gasteiger partial charge < -0.3 is 9.47 Å². The summed E-state index contributed by atoms with van der Waals surface area (Å²) in [7, 11) is 0. The maximum Gasteiger partial charge on any atom is 0.423 e. The first-order chi connectivity index (χ1) is 9.38. The molecule has 1 saturated carbocycles. The molecule has 5 nitrogen and oxygen atoms in total. The fourth-order valence-electron chi connectivity index (χ4n) is 1.97. The van der Waals surface area contributed by atoms with Crippen LogP contribution in [0.2, 0.25) is 0 Å². The minimum absolute atomic E-state index is 0.0670. The molecule has 2 unspecified atom stereocenters. The van der Waals surface area contributed by atoms with Gasteiger partial charge >= 0.3 is 6.18 Å². The largest absolute Gasteiger partial charge is 0.469 e. The van der Waals surface area contributed by atoms with Crippen LogP contribution in [0.25, 0.3) is 0 Å². The molecule has 2 atom stereocenters. The molecule has 1 aromatic heterocycles. The number of carbonyl (C=O) groups excluding carboxylic acids is 1. The summed E-state index contributed by atoms with van der Waals surface area (Å²) in [4.78, 5) is 18.8. The van der Waals surface area contributed by atoms with E-state index in [9.17, 15) is 18.0 Å². The lowest BCUT2D eigenvalue weighted by molar-refractivity contribution is -0.142. The van der Waals surface area contributed by atoms with Crippen LogP contribution in [0.3, 0.4) is 0 Å². The number of alkyl halides is 3. The number of hydrogen-bond acceptors (Lipinski definition) is 5. The van der Waals surface area contributed by atoms with Gasteiger partial charge in [-0.1, -0.05) is 6.92 Å².